The van der Waals surface area contributed by atoms with E-state index in [1.807, 2.05) is 10.9 Å². The summed E-state index contributed by atoms with van der Waals surface area (Å²) in [6.07, 6.45) is 11.6. The Labute approximate surface area is 180 Å². The lowest BCUT2D eigenvalue weighted by molar-refractivity contribution is -0.177. The van der Waals surface area contributed by atoms with Crippen molar-refractivity contribution in [2.24, 2.45) is 17.8 Å². The van der Waals surface area contributed by atoms with Gasteiger partial charge in [-0.05, 0) is 68.8 Å². The molecule has 4 bridgehead atoms. The van der Waals surface area contributed by atoms with E-state index in [-0.39, 0.29) is 24.1 Å². The minimum Gasteiger partial charge on any atom is -0.389 e. The highest BCUT2D eigenvalue weighted by atomic mass is 35.5. The first-order chi connectivity index (χ1) is 13.6. The molecule has 2 atom stereocenters. The third-order valence-electron chi connectivity index (χ3n) is 7.41. The molecule has 1 aromatic heterocycles. The van der Waals surface area contributed by atoms with Gasteiger partial charge in [-0.1, -0.05) is 0 Å². The number of rotatable bonds is 7. The molecule has 1 aliphatic heterocycles. The van der Waals surface area contributed by atoms with Crippen molar-refractivity contribution in [1.82, 2.24) is 14.7 Å². The topological polar surface area (TPSA) is 59.8 Å². The second-order valence-electron chi connectivity index (χ2n) is 10.1. The van der Waals surface area contributed by atoms with Crippen molar-refractivity contribution in [2.45, 2.75) is 69.8 Å². The van der Waals surface area contributed by atoms with E-state index in [1.165, 1.54) is 44.1 Å². The first-order valence-electron chi connectivity index (χ1n) is 11.2. The van der Waals surface area contributed by atoms with Crippen LogP contribution in [0.25, 0.3) is 0 Å². The highest BCUT2D eigenvalue weighted by Crippen LogP contribution is 2.57. The van der Waals surface area contributed by atoms with Gasteiger partial charge in [-0.2, -0.15) is 5.10 Å². The van der Waals surface area contributed by atoms with Gasteiger partial charge in [-0.25, -0.2) is 0 Å². The molecule has 4 saturated carbocycles. The Morgan fingerprint density at radius 3 is 2.55 bits per heavy atom. The van der Waals surface area contributed by atoms with E-state index in [2.05, 4.69) is 23.1 Å². The number of aliphatic hydroxyl groups excluding tert-OH is 1. The first-order valence-corrected chi connectivity index (χ1v) is 11.2. The fraction of sp³-hybridized carbons (Fsp3) is 0.864. The van der Waals surface area contributed by atoms with Gasteiger partial charge in [-0.3, -0.25) is 9.58 Å². The molecule has 4 aliphatic carbocycles. The molecular weight excluding hydrogens is 390 g/mol. The maximum absolute atomic E-state index is 10.7. The molecule has 5 aliphatic rings. The van der Waals surface area contributed by atoms with Gasteiger partial charge in [-0.15, -0.1) is 12.4 Å². The molecule has 29 heavy (non-hydrogen) atoms. The average Bonchev–Trinajstić information content (AvgIpc) is 3.04. The number of aliphatic hydroxyl groups is 1. The summed E-state index contributed by atoms with van der Waals surface area (Å²) in [5.74, 6) is 2.65. The largest absolute Gasteiger partial charge is 0.389 e. The van der Waals surface area contributed by atoms with Crippen LogP contribution in [0.1, 0.15) is 44.1 Å². The zero-order valence-electron chi connectivity index (χ0n) is 17.5. The predicted molar refractivity (Wildman–Crippen MR) is 113 cm³/mol. The smallest absolute Gasteiger partial charge is 0.0900 e. The summed E-state index contributed by atoms with van der Waals surface area (Å²) in [7, 11) is 0. The Hall–Kier alpha value is -0.660. The van der Waals surface area contributed by atoms with E-state index >= 15 is 0 Å². The van der Waals surface area contributed by atoms with E-state index in [0.29, 0.717) is 19.8 Å². The number of ether oxygens (including phenoxy) is 2. The molecule has 2 unspecified atom stereocenters. The molecule has 0 aromatic carbocycles. The molecule has 6 nitrogen and oxygen atoms in total. The number of halogens is 1. The van der Waals surface area contributed by atoms with Crippen molar-refractivity contribution in [2.75, 3.05) is 32.8 Å². The Morgan fingerprint density at radius 2 is 1.93 bits per heavy atom. The van der Waals surface area contributed by atoms with E-state index < -0.39 is 6.10 Å². The van der Waals surface area contributed by atoms with Gasteiger partial charge in [0, 0.05) is 25.8 Å². The van der Waals surface area contributed by atoms with Crippen LogP contribution in [0.3, 0.4) is 0 Å². The quantitative estimate of drug-likeness (QED) is 0.727. The SMILES string of the molecule is Cc1cnn(CC2CN(CC(O)COC34CC5CC(CC(C5)C3)C4)CCO2)c1.Cl. The van der Waals surface area contributed by atoms with Crippen molar-refractivity contribution in [3.63, 3.8) is 0 Å². The van der Waals surface area contributed by atoms with Gasteiger partial charge in [0.1, 0.15) is 0 Å². The zero-order chi connectivity index (χ0) is 19.1. The standard InChI is InChI=1S/C22H35N3O3.ClH/c1-16-10-23-25(11-16)14-21-13-24(2-3-27-21)12-20(26)15-28-22-7-17-4-18(8-22)6-19(5-17)9-22;/h10-11,17-21,26H,2-9,12-15H2,1H3;1H. The maximum Gasteiger partial charge on any atom is 0.0900 e. The Morgan fingerprint density at radius 1 is 1.24 bits per heavy atom. The monoisotopic (exact) mass is 425 g/mol. The van der Waals surface area contributed by atoms with Crippen LogP contribution in [0.2, 0.25) is 0 Å². The Balaban J connectivity index is 0.00000205. The van der Waals surface area contributed by atoms with Gasteiger partial charge in [0.25, 0.3) is 0 Å². The van der Waals surface area contributed by atoms with Crippen molar-refractivity contribution in [3.8, 4) is 0 Å². The summed E-state index contributed by atoms with van der Waals surface area (Å²) in [4.78, 5) is 2.32. The van der Waals surface area contributed by atoms with Gasteiger partial charge in [0.2, 0.25) is 0 Å². The molecule has 1 aromatic rings. The number of aryl methyl sites for hydroxylation is 1. The molecule has 2 heterocycles. The molecule has 5 fully saturated rings. The fourth-order valence-corrected chi connectivity index (χ4v) is 6.66. The zero-order valence-corrected chi connectivity index (χ0v) is 18.4. The molecule has 7 heteroatoms. The number of aromatic nitrogens is 2. The normalized spacial score (nSPS) is 37.4. The van der Waals surface area contributed by atoms with E-state index in [0.717, 1.165) is 37.4 Å². The van der Waals surface area contributed by atoms with Crippen LogP contribution in [0.15, 0.2) is 12.4 Å². The molecule has 1 N–H and O–H groups in total. The minimum absolute atomic E-state index is 0. The number of hydrogen-bond acceptors (Lipinski definition) is 5. The summed E-state index contributed by atoms with van der Waals surface area (Å²) in [5, 5.41) is 15.0. The van der Waals surface area contributed by atoms with Gasteiger partial charge in [0.05, 0.1) is 43.8 Å². The number of morpholine rings is 1. The minimum atomic E-state index is -0.418. The van der Waals surface area contributed by atoms with Gasteiger partial charge < -0.3 is 14.6 Å². The third kappa shape index (κ3) is 4.99. The summed E-state index contributed by atoms with van der Waals surface area (Å²) >= 11 is 0. The molecule has 0 amide bonds. The van der Waals surface area contributed by atoms with Crippen molar-refractivity contribution >= 4 is 12.4 Å². The summed E-state index contributed by atoms with van der Waals surface area (Å²) in [6, 6.07) is 0. The third-order valence-corrected chi connectivity index (χ3v) is 7.41. The van der Waals surface area contributed by atoms with E-state index in [1.54, 1.807) is 0 Å². The van der Waals surface area contributed by atoms with Crippen LogP contribution in [0, 0.1) is 24.7 Å². The Kier molecular flexibility index (Phi) is 6.57. The van der Waals surface area contributed by atoms with Crippen molar-refractivity contribution in [3.05, 3.63) is 18.0 Å². The predicted octanol–water partition coefficient (Wildman–Crippen LogP) is 2.66. The number of nitrogens with zero attached hydrogens (tertiary/aromatic N) is 3. The van der Waals surface area contributed by atoms with Crippen LogP contribution in [-0.2, 0) is 16.0 Å². The molecule has 6 rings (SSSR count). The molecular formula is C22H36ClN3O3. The summed E-state index contributed by atoms with van der Waals surface area (Å²) in [6.45, 7) is 6.41. The van der Waals surface area contributed by atoms with Crippen LogP contribution in [0.4, 0.5) is 0 Å². The van der Waals surface area contributed by atoms with Gasteiger partial charge in [0.15, 0.2) is 0 Å². The van der Waals surface area contributed by atoms with Gasteiger partial charge >= 0.3 is 0 Å². The lowest BCUT2D eigenvalue weighted by Crippen LogP contribution is -2.53. The van der Waals surface area contributed by atoms with Crippen molar-refractivity contribution < 1.29 is 14.6 Å². The fourth-order valence-electron chi connectivity index (χ4n) is 6.66. The molecule has 0 spiro atoms. The molecule has 164 valence electrons. The summed E-state index contributed by atoms with van der Waals surface area (Å²) < 4.78 is 14.3. The highest BCUT2D eigenvalue weighted by molar-refractivity contribution is 5.85. The van der Waals surface area contributed by atoms with E-state index in [9.17, 15) is 5.11 Å². The lowest BCUT2D eigenvalue weighted by Gasteiger charge is -2.56. The summed E-state index contributed by atoms with van der Waals surface area (Å²) in [5.41, 5.74) is 1.26. The number of β-amino-alcohol motifs (C(OH)–C–C–N with tert-alkyl or cyclic N) is 1. The number of hydrogen-bond donors (Lipinski definition) is 1. The highest BCUT2D eigenvalue weighted by Gasteiger charge is 2.51. The van der Waals surface area contributed by atoms with Crippen LogP contribution in [0.5, 0.6) is 0 Å². The first kappa shape index (κ1) is 21.6. The Bertz CT molecular complexity index is 647. The average molecular weight is 426 g/mol. The van der Waals surface area contributed by atoms with E-state index in [4.69, 9.17) is 9.47 Å². The van der Waals surface area contributed by atoms with Crippen LogP contribution < -0.4 is 0 Å². The van der Waals surface area contributed by atoms with Crippen LogP contribution in [-0.4, -0.2) is 70.4 Å². The van der Waals surface area contributed by atoms with Crippen molar-refractivity contribution in [1.29, 1.82) is 0 Å². The lowest BCUT2D eigenvalue weighted by atomic mass is 9.54. The molecule has 0 radical (unpaired) electrons. The van der Waals surface area contributed by atoms with Crippen LogP contribution >= 0.6 is 12.4 Å². The second kappa shape index (κ2) is 8.83. The molecule has 1 saturated heterocycles. The second-order valence-corrected chi connectivity index (χ2v) is 10.1. The maximum atomic E-state index is 10.7.